The summed E-state index contributed by atoms with van der Waals surface area (Å²) in [5, 5.41) is 2.37. The number of thiocarbonyl (C=S) groups is 1. The van der Waals surface area contributed by atoms with Crippen molar-refractivity contribution in [3.05, 3.63) is 40.5 Å². The van der Waals surface area contributed by atoms with E-state index in [1.54, 1.807) is 47.1 Å². The Morgan fingerprint density at radius 2 is 1.80 bits per heavy atom. The number of hydrogen-bond acceptors (Lipinski definition) is 11. The fourth-order valence-electron chi connectivity index (χ4n) is 6.98. The van der Waals surface area contributed by atoms with Gasteiger partial charge in [0.1, 0.15) is 39.0 Å². The fraction of sp³-hybridized carbons (Fsp3) is 0.541. The van der Waals surface area contributed by atoms with Crippen LogP contribution in [-0.4, -0.2) is 71.6 Å². The molecule has 3 amide bonds. The van der Waals surface area contributed by atoms with Gasteiger partial charge in [0.2, 0.25) is 5.91 Å². The van der Waals surface area contributed by atoms with Gasteiger partial charge in [-0.15, -0.1) is 0 Å². The Kier molecular flexibility index (Phi) is 12.4. The third-order valence-corrected chi connectivity index (χ3v) is 10.6. The number of fused-ring (bicyclic) bond motifs is 2. The van der Waals surface area contributed by atoms with E-state index in [2.05, 4.69) is 5.32 Å². The first-order valence-corrected chi connectivity index (χ1v) is 18.5. The van der Waals surface area contributed by atoms with Crippen LogP contribution in [0.15, 0.2) is 33.6 Å². The highest BCUT2D eigenvalue weighted by Crippen LogP contribution is 2.49. The van der Waals surface area contributed by atoms with Crippen LogP contribution in [0.1, 0.15) is 83.5 Å². The molecule has 14 heteroatoms. The number of amides is 3. The predicted octanol–water partition coefficient (Wildman–Crippen LogP) is 6.38. The average Bonchev–Trinajstić information content (AvgIpc) is 3.85. The monoisotopic (exact) mass is 741 g/mol. The summed E-state index contributed by atoms with van der Waals surface area (Å²) in [4.78, 5) is 52.5. The molecular weight excluding hydrogens is 695 g/mol. The molecular formula is C37H47N3O9S2. The Labute approximate surface area is 308 Å². The number of rotatable bonds is 15. The molecule has 2 heterocycles. The van der Waals surface area contributed by atoms with Gasteiger partial charge in [-0.1, -0.05) is 30.4 Å². The first-order chi connectivity index (χ1) is 24.2. The van der Waals surface area contributed by atoms with Crippen molar-refractivity contribution in [2.45, 2.75) is 96.2 Å². The molecule has 3 N–H and O–H groups in total. The highest BCUT2D eigenvalue weighted by Gasteiger charge is 2.48. The zero-order chi connectivity index (χ0) is 36.9. The van der Waals surface area contributed by atoms with Gasteiger partial charge in [0.05, 0.1) is 32.2 Å². The van der Waals surface area contributed by atoms with Gasteiger partial charge in [-0.2, -0.15) is 0 Å². The highest BCUT2D eigenvalue weighted by molar-refractivity contribution is 8.26. The van der Waals surface area contributed by atoms with Crippen LogP contribution >= 0.6 is 24.0 Å². The number of benzene rings is 1. The van der Waals surface area contributed by atoms with Crippen molar-refractivity contribution in [1.82, 2.24) is 10.2 Å². The molecule has 4 atom stereocenters. The lowest BCUT2D eigenvalue weighted by Gasteiger charge is -2.30. The molecule has 0 spiro atoms. The number of nitrogens with zero attached hydrogens (tertiary/aromatic N) is 1. The number of nitrogens with one attached hydrogen (secondary N) is 1. The summed E-state index contributed by atoms with van der Waals surface area (Å²) in [5.74, 6) is 2.02. The zero-order valence-electron chi connectivity index (χ0n) is 29.8. The average molecular weight is 742 g/mol. The van der Waals surface area contributed by atoms with Gasteiger partial charge < -0.3 is 34.4 Å². The lowest BCUT2D eigenvalue weighted by Crippen LogP contribution is -2.46. The third kappa shape index (κ3) is 9.85. The number of primary amides is 1. The maximum absolute atomic E-state index is 13.7. The number of thioether (sulfide) groups is 1. The van der Waals surface area contributed by atoms with E-state index in [1.165, 1.54) is 24.6 Å². The number of nitrogens with two attached hydrogens (primary N) is 1. The molecule has 0 radical (unpaired) electrons. The normalized spacial score (nSPS) is 21.2. The van der Waals surface area contributed by atoms with Crippen molar-refractivity contribution >= 4 is 58.3 Å². The maximum Gasteiger partial charge on any atom is 0.408 e. The summed E-state index contributed by atoms with van der Waals surface area (Å²) in [6, 6.07) is 6.39. The highest BCUT2D eigenvalue weighted by atomic mass is 32.2. The summed E-state index contributed by atoms with van der Waals surface area (Å²) in [5.41, 5.74) is 6.18. The number of carbonyl (C=O) groups is 4. The lowest BCUT2D eigenvalue weighted by atomic mass is 9.94. The minimum absolute atomic E-state index is 0.0629. The number of methoxy groups -OCH3 is 2. The van der Waals surface area contributed by atoms with Crippen molar-refractivity contribution in [3.8, 4) is 22.8 Å². The molecule has 5 rings (SSSR count). The second kappa shape index (κ2) is 16.5. The molecule has 3 fully saturated rings. The van der Waals surface area contributed by atoms with Gasteiger partial charge >= 0.3 is 12.1 Å². The van der Waals surface area contributed by atoms with Crippen LogP contribution in [0.4, 0.5) is 4.79 Å². The van der Waals surface area contributed by atoms with E-state index in [0.29, 0.717) is 63.3 Å². The van der Waals surface area contributed by atoms with Gasteiger partial charge in [0.15, 0.2) is 0 Å². The van der Waals surface area contributed by atoms with Gasteiger partial charge in [-0.3, -0.25) is 14.5 Å². The van der Waals surface area contributed by atoms with Crippen LogP contribution in [0.25, 0.3) is 17.4 Å². The Hall–Kier alpha value is -4.04. The van der Waals surface area contributed by atoms with Crippen molar-refractivity contribution in [3.63, 3.8) is 0 Å². The van der Waals surface area contributed by atoms with E-state index in [9.17, 15) is 19.2 Å². The molecule has 12 nitrogen and oxygen atoms in total. The number of aryl methyl sites for hydroxylation is 1. The van der Waals surface area contributed by atoms with E-state index in [0.717, 1.165) is 30.4 Å². The van der Waals surface area contributed by atoms with E-state index in [-0.39, 0.29) is 18.6 Å². The number of furan rings is 1. The van der Waals surface area contributed by atoms with Crippen LogP contribution in [-0.2, 0) is 30.3 Å². The molecule has 2 aromatic rings. The van der Waals surface area contributed by atoms with Crippen molar-refractivity contribution in [1.29, 1.82) is 0 Å². The lowest BCUT2D eigenvalue weighted by molar-refractivity contribution is -0.147. The topological polar surface area (TPSA) is 160 Å². The molecule has 2 saturated carbocycles. The first-order valence-electron chi connectivity index (χ1n) is 17.3. The molecule has 3 unspecified atom stereocenters. The second-order valence-electron chi connectivity index (χ2n) is 14.2. The standard InChI is InChI=1S/C37H47N3O9S2/c1-37(2,3)49-35(44)39-27(19-32(38)41)34(43)47-12-8-6-7-9-23-17-29(24-15-25(45-4)18-26(16-24)46-5)48-30(23)20-31-33(42)40(36(50)51-31)28-14-21-10-11-22(28)13-21/h15-18,20-22,27-28H,6-14,19H2,1-5H3,(H2,38,41)(H,39,44)/b31-20-/t21?,22?,27-,28?/m0/s1. The number of ether oxygens (including phenoxy) is 4. The number of hydrogen-bond donors (Lipinski definition) is 2. The van der Waals surface area contributed by atoms with E-state index in [1.807, 2.05) is 23.1 Å². The molecule has 2 bridgehead atoms. The smallest absolute Gasteiger partial charge is 0.408 e. The van der Waals surface area contributed by atoms with Crippen LogP contribution in [0.3, 0.4) is 0 Å². The van der Waals surface area contributed by atoms with E-state index < -0.39 is 36.0 Å². The quantitative estimate of drug-likeness (QED) is 0.0903. The first kappa shape index (κ1) is 38.2. The SMILES string of the molecule is COc1cc(OC)cc(-c2cc(CCCCCOC(=O)[C@H](CC(N)=O)NC(=O)OC(C)(C)C)c(/C=C3\SC(=S)N(C4CC5CCC4C5)C3=O)o2)c1. The summed E-state index contributed by atoms with van der Waals surface area (Å²) in [7, 11) is 3.17. The molecule has 1 aromatic heterocycles. The Morgan fingerprint density at radius 1 is 1.08 bits per heavy atom. The second-order valence-corrected chi connectivity index (χ2v) is 15.9. The van der Waals surface area contributed by atoms with E-state index >= 15 is 0 Å². The zero-order valence-corrected chi connectivity index (χ0v) is 31.4. The van der Waals surface area contributed by atoms with Gasteiger partial charge in [-0.25, -0.2) is 9.59 Å². The van der Waals surface area contributed by atoms with Gasteiger partial charge in [-0.05, 0) is 101 Å². The molecule has 51 heavy (non-hydrogen) atoms. The number of alkyl carbamates (subject to hydrolysis) is 1. The van der Waals surface area contributed by atoms with Crippen LogP contribution in [0.5, 0.6) is 11.5 Å². The summed E-state index contributed by atoms with van der Waals surface area (Å²) in [6.07, 6.45) is 7.72. The van der Waals surface area contributed by atoms with Crippen LogP contribution < -0.4 is 20.5 Å². The van der Waals surface area contributed by atoms with Crippen molar-refractivity contribution in [2.75, 3.05) is 20.8 Å². The Morgan fingerprint density at radius 3 is 2.41 bits per heavy atom. The van der Waals surface area contributed by atoms with Crippen molar-refractivity contribution in [2.24, 2.45) is 17.6 Å². The summed E-state index contributed by atoms with van der Waals surface area (Å²) in [6.45, 7) is 5.14. The summed E-state index contributed by atoms with van der Waals surface area (Å²) < 4.78 is 28.5. The Bertz CT molecular complexity index is 1660. The molecule has 3 aliphatic rings. The third-order valence-electron chi connectivity index (χ3n) is 9.31. The fourth-order valence-corrected chi connectivity index (χ4v) is 8.32. The number of unbranched alkanes of at least 4 members (excludes halogenated alkanes) is 2. The predicted molar refractivity (Wildman–Crippen MR) is 197 cm³/mol. The Balaban J connectivity index is 1.25. The number of esters is 1. The largest absolute Gasteiger partial charge is 0.497 e. The maximum atomic E-state index is 13.7. The van der Waals surface area contributed by atoms with Crippen molar-refractivity contribution < 1.29 is 42.5 Å². The van der Waals surface area contributed by atoms with Crippen LogP contribution in [0, 0.1) is 11.8 Å². The molecule has 2 aliphatic carbocycles. The summed E-state index contributed by atoms with van der Waals surface area (Å²) >= 11 is 7.05. The van der Waals surface area contributed by atoms with Crippen LogP contribution in [0.2, 0.25) is 0 Å². The van der Waals surface area contributed by atoms with Gasteiger partial charge in [0.25, 0.3) is 5.91 Å². The molecule has 1 aliphatic heterocycles. The molecule has 1 aromatic carbocycles. The minimum Gasteiger partial charge on any atom is -0.497 e. The molecule has 276 valence electrons. The van der Waals surface area contributed by atoms with Gasteiger partial charge in [0, 0.05) is 23.7 Å². The molecule has 1 saturated heterocycles. The van der Waals surface area contributed by atoms with E-state index in [4.69, 9.17) is 41.3 Å². The number of carbonyl (C=O) groups excluding carboxylic acids is 4. The minimum atomic E-state index is -1.25.